The highest BCUT2D eigenvalue weighted by Gasteiger charge is 2.13. The molecule has 2 heterocycles. The van der Waals surface area contributed by atoms with Crippen molar-refractivity contribution in [2.45, 2.75) is 13.1 Å². The van der Waals surface area contributed by atoms with E-state index in [4.69, 9.17) is 20.6 Å². The molecular formula is C20H17ClN4O2. The maximum absolute atomic E-state index is 6.01. The van der Waals surface area contributed by atoms with Crippen molar-refractivity contribution in [1.82, 2.24) is 20.2 Å². The first-order valence-corrected chi connectivity index (χ1v) is 8.83. The molecule has 0 unspecified atom stereocenters. The average Bonchev–Trinajstić information content (AvgIpc) is 3.32. The van der Waals surface area contributed by atoms with Gasteiger partial charge in [0.15, 0.2) is 5.76 Å². The van der Waals surface area contributed by atoms with Gasteiger partial charge in [0, 0.05) is 22.2 Å². The van der Waals surface area contributed by atoms with Crippen molar-refractivity contribution in [3.8, 4) is 22.6 Å². The fourth-order valence-corrected chi connectivity index (χ4v) is 2.94. The van der Waals surface area contributed by atoms with Crippen molar-refractivity contribution < 1.29 is 9.05 Å². The van der Waals surface area contributed by atoms with Crippen LogP contribution in [0.5, 0.6) is 0 Å². The van der Waals surface area contributed by atoms with Crippen molar-refractivity contribution in [3.05, 3.63) is 77.3 Å². The number of nitrogens with zero attached hydrogens (tertiary/aromatic N) is 4. The topological polar surface area (TPSA) is 68.2 Å². The molecule has 4 aromatic rings. The Bertz CT molecular complexity index is 1030. The summed E-state index contributed by atoms with van der Waals surface area (Å²) in [6, 6.07) is 19.2. The Morgan fingerprint density at radius 2 is 1.70 bits per heavy atom. The van der Waals surface area contributed by atoms with Crippen LogP contribution in [0.4, 0.5) is 0 Å². The van der Waals surface area contributed by atoms with Crippen molar-refractivity contribution in [2.24, 2.45) is 0 Å². The quantitative estimate of drug-likeness (QED) is 0.484. The molecule has 27 heavy (non-hydrogen) atoms. The summed E-state index contributed by atoms with van der Waals surface area (Å²) >= 11 is 6.01. The third kappa shape index (κ3) is 4.24. The number of hydrogen-bond acceptors (Lipinski definition) is 6. The molecule has 0 radical (unpaired) electrons. The molecule has 2 aromatic carbocycles. The second-order valence-electron chi connectivity index (χ2n) is 6.24. The van der Waals surface area contributed by atoms with E-state index in [-0.39, 0.29) is 0 Å². The highest BCUT2D eigenvalue weighted by Crippen LogP contribution is 2.21. The van der Waals surface area contributed by atoms with Crippen LogP contribution in [0.3, 0.4) is 0 Å². The zero-order valence-corrected chi connectivity index (χ0v) is 15.4. The first kappa shape index (κ1) is 17.5. The zero-order valence-electron chi connectivity index (χ0n) is 14.7. The van der Waals surface area contributed by atoms with Gasteiger partial charge in [-0.15, -0.1) is 0 Å². The molecule has 136 valence electrons. The van der Waals surface area contributed by atoms with E-state index in [0.717, 1.165) is 22.6 Å². The Balaban J connectivity index is 1.40. The van der Waals surface area contributed by atoms with Crippen LogP contribution in [-0.4, -0.2) is 27.2 Å². The summed E-state index contributed by atoms with van der Waals surface area (Å²) in [4.78, 5) is 6.45. The molecule has 0 saturated heterocycles. The smallest absolute Gasteiger partial charge is 0.241 e. The second-order valence-corrected chi connectivity index (χ2v) is 6.68. The Morgan fingerprint density at radius 1 is 0.889 bits per heavy atom. The highest BCUT2D eigenvalue weighted by molar-refractivity contribution is 6.30. The normalized spacial score (nSPS) is 11.2. The van der Waals surface area contributed by atoms with E-state index in [1.54, 1.807) is 12.1 Å². The first-order valence-electron chi connectivity index (χ1n) is 8.45. The second kappa shape index (κ2) is 7.73. The SMILES string of the molecule is CN(Cc1cc(-c2ccccc2)no1)Cc1nc(-c2cccc(Cl)c2)no1. The third-order valence-corrected chi connectivity index (χ3v) is 4.25. The van der Waals surface area contributed by atoms with Crippen LogP contribution < -0.4 is 0 Å². The van der Waals surface area contributed by atoms with Crippen LogP contribution in [0.1, 0.15) is 11.7 Å². The summed E-state index contributed by atoms with van der Waals surface area (Å²) in [5, 5.41) is 8.79. The fourth-order valence-electron chi connectivity index (χ4n) is 2.75. The van der Waals surface area contributed by atoms with E-state index in [0.29, 0.717) is 29.8 Å². The number of halogens is 1. The minimum Gasteiger partial charge on any atom is -0.359 e. The molecule has 2 aromatic heterocycles. The third-order valence-electron chi connectivity index (χ3n) is 4.01. The first-order chi connectivity index (χ1) is 13.2. The van der Waals surface area contributed by atoms with Crippen molar-refractivity contribution >= 4 is 11.6 Å². The van der Waals surface area contributed by atoms with E-state index in [1.807, 2.05) is 60.5 Å². The maximum atomic E-state index is 6.01. The van der Waals surface area contributed by atoms with Gasteiger partial charge in [0.05, 0.1) is 13.1 Å². The van der Waals surface area contributed by atoms with Crippen molar-refractivity contribution in [1.29, 1.82) is 0 Å². The molecule has 0 aliphatic rings. The van der Waals surface area contributed by atoms with Gasteiger partial charge in [0.2, 0.25) is 11.7 Å². The molecule has 0 saturated carbocycles. The van der Waals surface area contributed by atoms with Crippen molar-refractivity contribution in [3.63, 3.8) is 0 Å². The number of benzene rings is 2. The Morgan fingerprint density at radius 3 is 2.52 bits per heavy atom. The molecule has 0 aliphatic carbocycles. The lowest BCUT2D eigenvalue weighted by atomic mass is 10.1. The lowest BCUT2D eigenvalue weighted by Crippen LogP contribution is -2.17. The van der Waals surface area contributed by atoms with Gasteiger partial charge in [-0.25, -0.2) is 0 Å². The van der Waals surface area contributed by atoms with Crippen LogP contribution in [-0.2, 0) is 13.1 Å². The molecule has 0 amide bonds. The van der Waals surface area contributed by atoms with E-state index >= 15 is 0 Å². The fraction of sp³-hybridized carbons (Fsp3) is 0.150. The van der Waals surface area contributed by atoms with E-state index in [1.165, 1.54) is 0 Å². The minimum absolute atomic E-state index is 0.495. The minimum atomic E-state index is 0.495. The van der Waals surface area contributed by atoms with Crippen LogP contribution in [0.15, 0.2) is 69.7 Å². The number of rotatable bonds is 6. The zero-order chi connectivity index (χ0) is 18.6. The van der Waals surface area contributed by atoms with Gasteiger partial charge < -0.3 is 9.05 Å². The molecule has 0 N–H and O–H groups in total. The number of hydrogen-bond donors (Lipinski definition) is 0. The van der Waals surface area contributed by atoms with Gasteiger partial charge in [0.1, 0.15) is 5.69 Å². The molecule has 4 rings (SSSR count). The highest BCUT2D eigenvalue weighted by atomic mass is 35.5. The lowest BCUT2D eigenvalue weighted by Gasteiger charge is -2.10. The predicted molar refractivity (Wildman–Crippen MR) is 102 cm³/mol. The lowest BCUT2D eigenvalue weighted by molar-refractivity contribution is 0.234. The Labute approximate surface area is 161 Å². The van der Waals surface area contributed by atoms with Crippen molar-refractivity contribution in [2.75, 3.05) is 7.05 Å². The molecule has 0 aliphatic heterocycles. The molecule has 0 bridgehead atoms. The summed E-state index contributed by atoms with van der Waals surface area (Å²) in [5.41, 5.74) is 2.67. The van der Waals surface area contributed by atoms with E-state index in [9.17, 15) is 0 Å². The molecule has 6 nitrogen and oxygen atoms in total. The van der Waals surface area contributed by atoms with Gasteiger partial charge >= 0.3 is 0 Å². The van der Waals surface area contributed by atoms with Crippen LogP contribution >= 0.6 is 11.6 Å². The summed E-state index contributed by atoms with van der Waals surface area (Å²) in [6.07, 6.45) is 0. The Hall–Kier alpha value is -2.96. The average molecular weight is 381 g/mol. The summed E-state index contributed by atoms with van der Waals surface area (Å²) in [6.45, 7) is 1.07. The van der Waals surface area contributed by atoms with Crippen LogP contribution in [0.25, 0.3) is 22.6 Å². The summed E-state index contributed by atoms with van der Waals surface area (Å²) in [5.74, 6) is 1.81. The molecule has 0 spiro atoms. The standard InChI is InChI=1S/C20H17ClN4O2/c1-25(12-17-11-18(23-26-17)14-6-3-2-4-7-14)13-19-22-20(24-27-19)15-8-5-9-16(21)10-15/h2-11H,12-13H2,1H3. The van der Waals surface area contributed by atoms with Gasteiger partial charge in [-0.05, 0) is 19.2 Å². The number of aromatic nitrogens is 3. The van der Waals surface area contributed by atoms with Gasteiger partial charge in [0.25, 0.3) is 0 Å². The molecule has 0 fully saturated rings. The predicted octanol–water partition coefficient (Wildman–Crippen LogP) is 4.68. The van der Waals surface area contributed by atoms with Crippen LogP contribution in [0, 0.1) is 0 Å². The van der Waals surface area contributed by atoms with Gasteiger partial charge in [-0.3, -0.25) is 4.90 Å². The largest absolute Gasteiger partial charge is 0.359 e. The Kier molecular flexibility index (Phi) is 5.00. The molecule has 7 heteroatoms. The summed E-state index contributed by atoms with van der Waals surface area (Å²) in [7, 11) is 1.95. The van der Waals surface area contributed by atoms with Gasteiger partial charge in [-0.2, -0.15) is 4.98 Å². The van der Waals surface area contributed by atoms with E-state index in [2.05, 4.69) is 15.3 Å². The maximum Gasteiger partial charge on any atom is 0.241 e. The van der Waals surface area contributed by atoms with Crippen LogP contribution in [0.2, 0.25) is 5.02 Å². The molecule has 0 atom stereocenters. The van der Waals surface area contributed by atoms with E-state index < -0.39 is 0 Å². The summed E-state index contributed by atoms with van der Waals surface area (Å²) < 4.78 is 10.8. The van der Waals surface area contributed by atoms with Gasteiger partial charge in [-0.1, -0.05) is 64.4 Å². The monoisotopic (exact) mass is 380 g/mol. The molecular weight excluding hydrogens is 364 g/mol.